The van der Waals surface area contributed by atoms with Crippen LogP contribution in [0.15, 0.2) is 59.0 Å². The Morgan fingerprint density at radius 2 is 1.93 bits per heavy atom. The standard InChI is InChI=1S/C24H21ClN2O3/c1-14-7-10-22-20(11-14)27-24(30-22)18-12-17(8-9-19(18)25)26-23(28)13-29-21-6-4-5-15(2)16(21)3/h4-12H,13H2,1-3H3,(H,26,28). The van der Waals surface area contributed by atoms with Crippen molar-refractivity contribution in [1.29, 1.82) is 0 Å². The molecule has 0 saturated carbocycles. The van der Waals surface area contributed by atoms with Crippen molar-refractivity contribution in [2.24, 2.45) is 0 Å². The van der Waals surface area contributed by atoms with Crippen molar-refractivity contribution in [3.63, 3.8) is 0 Å². The molecular formula is C24H21ClN2O3. The summed E-state index contributed by atoms with van der Waals surface area (Å²) in [7, 11) is 0. The molecule has 0 aliphatic rings. The van der Waals surface area contributed by atoms with Crippen molar-refractivity contribution in [2.75, 3.05) is 11.9 Å². The van der Waals surface area contributed by atoms with Gasteiger partial charge in [-0.05, 0) is 73.9 Å². The maximum Gasteiger partial charge on any atom is 0.262 e. The summed E-state index contributed by atoms with van der Waals surface area (Å²) in [5.41, 5.74) is 5.87. The number of benzene rings is 3. The molecule has 1 heterocycles. The van der Waals surface area contributed by atoms with E-state index < -0.39 is 0 Å². The highest BCUT2D eigenvalue weighted by atomic mass is 35.5. The fourth-order valence-electron chi connectivity index (χ4n) is 3.14. The van der Waals surface area contributed by atoms with Gasteiger partial charge in [0, 0.05) is 5.69 Å². The van der Waals surface area contributed by atoms with Gasteiger partial charge < -0.3 is 14.5 Å². The Kier molecular flexibility index (Phi) is 5.46. The minimum absolute atomic E-state index is 0.0928. The molecule has 1 aromatic heterocycles. The molecule has 0 atom stereocenters. The zero-order valence-electron chi connectivity index (χ0n) is 17.0. The summed E-state index contributed by atoms with van der Waals surface area (Å²) in [5, 5.41) is 3.32. The van der Waals surface area contributed by atoms with Gasteiger partial charge in [0.2, 0.25) is 5.89 Å². The highest BCUT2D eigenvalue weighted by Crippen LogP contribution is 2.32. The first-order valence-corrected chi connectivity index (χ1v) is 9.94. The van der Waals surface area contributed by atoms with E-state index >= 15 is 0 Å². The van der Waals surface area contributed by atoms with Crippen LogP contribution in [0.3, 0.4) is 0 Å². The zero-order valence-corrected chi connectivity index (χ0v) is 17.7. The molecule has 0 unspecified atom stereocenters. The number of halogens is 1. The second kappa shape index (κ2) is 8.20. The van der Waals surface area contributed by atoms with Crippen LogP contribution in [0, 0.1) is 20.8 Å². The van der Waals surface area contributed by atoms with Crippen LogP contribution in [0.25, 0.3) is 22.6 Å². The van der Waals surface area contributed by atoms with Crippen LogP contribution in [0.5, 0.6) is 5.75 Å². The molecule has 1 amide bonds. The molecule has 0 bridgehead atoms. The van der Waals surface area contributed by atoms with Crippen molar-refractivity contribution in [3.8, 4) is 17.2 Å². The molecule has 0 saturated heterocycles. The number of rotatable bonds is 5. The van der Waals surface area contributed by atoms with Gasteiger partial charge in [-0.3, -0.25) is 4.79 Å². The summed E-state index contributed by atoms with van der Waals surface area (Å²) in [6.45, 7) is 5.88. The Hall–Kier alpha value is -3.31. The van der Waals surface area contributed by atoms with Crippen LogP contribution in [-0.4, -0.2) is 17.5 Å². The van der Waals surface area contributed by atoms with E-state index in [-0.39, 0.29) is 12.5 Å². The van der Waals surface area contributed by atoms with Crippen molar-refractivity contribution in [1.82, 2.24) is 4.98 Å². The number of fused-ring (bicyclic) bond motifs is 1. The number of hydrogen-bond acceptors (Lipinski definition) is 4. The molecular weight excluding hydrogens is 400 g/mol. The molecule has 0 spiro atoms. The van der Waals surface area contributed by atoms with E-state index in [0.717, 1.165) is 22.2 Å². The van der Waals surface area contributed by atoms with Gasteiger partial charge in [0.1, 0.15) is 11.3 Å². The van der Waals surface area contributed by atoms with Crippen LogP contribution in [0.4, 0.5) is 5.69 Å². The van der Waals surface area contributed by atoms with E-state index in [9.17, 15) is 4.79 Å². The first-order valence-electron chi connectivity index (χ1n) is 9.57. The number of aromatic nitrogens is 1. The van der Waals surface area contributed by atoms with Crippen LogP contribution >= 0.6 is 11.6 Å². The number of ether oxygens (including phenoxy) is 1. The normalized spacial score (nSPS) is 10.9. The van der Waals surface area contributed by atoms with Gasteiger partial charge in [-0.15, -0.1) is 0 Å². The van der Waals surface area contributed by atoms with Crippen LogP contribution in [0.2, 0.25) is 5.02 Å². The molecule has 3 aromatic carbocycles. The van der Waals surface area contributed by atoms with E-state index in [1.54, 1.807) is 18.2 Å². The second-order valence-corrected chi connectivity index (χ2v) is 7.63. The number of aryl methyl sites for hydroxylation is 2. The highest BCUT2D eigenvalue weighted by Gasteiger charge is 2.14. The number of carbonyl (C=O) groups excluding carboxylic acids is 1. The minimum Gasteiger partial charge on any atom is -0.483 e. The maximum atomic E-state index is 12.4. The number of nitrogens with zero attached hydrogens (tertiary/aromatic N) is 1. The van der Waals surface area contributed by atoms with Gasteiger partial charge in [0.15, 0.2) is 12.2 Å². The first kappa shape index (κ1) is 20.0. The van der Waals surface area contributed by atoms with Crippen LogP contribution in [-0.2, 0) is 4.79 Å². The molecule has 30 heavy (non-hydrogen) atoms. The molecule has 0 aliphatic heterocycles. The molecule has 5 nitrogen and oxygen atoms in total. The SMILES string of the molecule is Cc1ccc2oc(-c3cc(NC(=O)COc4cccc(C)c4C)ccc3Cl)nc2c1. The predicted octanol–water partition coefficient (Wildman–Crippen LogP) is 6.09. The van der Waals surface area contributed by atoms with Crippen molar-refractivity contribution >= 4 is 34.3 Å². The maximum absolute atomic E-state index is 12.4. The molecule has 4 rings (SSSR count). The van der Waals surface area contributed by atoms with E-state index in [2.05, 4.69) is 10.3 Å². The van der Waals surface area contributed by atoms with E-state index in [4.69, 9.17) is 20.8 Å². The van der Waals surface area contributed by atoms with Crippen molar-refractivity contribution in [2.45, 2.75) is 20.8 Å². The fourth-order valence-corrected chi connectivity index (χ4v) is 3.34. The number of amides is 1. The third-order valence-corrected chi connectivity index (χ3v) is 5.27. The van der Waals surface area contributed by atoms with Crippen LogP contribution in [0.1, 0.15) is 16.7 Å². The average Bonchev–Trinajstić information content (AvgIpc) is 3.13. The Labute approximate surface area is 179 Å². The van der Waals surface area contributed by atoms with E-state index in [0.29, 0.717) is 33.5 Å². The number of carbonyl (C=O) groups is 1. The van der Waals surface area contributed by atoms with E-state index in [1.807, 2.05) is 57.2 Å². The van der Waals surface area contributed by atoms with E-state index in [1.165, 1.54) is 0 Å². The Morgan fingerprint density at radius 1 is 1.10 bits per heavy atom. The van der Waals surface area contributed by atoms with Gasteiger partial charge in [-0.1, -0.05) is 29.8 Å². The molecule has 0 fully saturated rings. The van der Waals surface area contributed by atoms with Gasteiger partial charge in [0.25, 0.3) is 5.91 Å². The molecule has 1 N–H and O–H groups in total. The summed E-state index contributed by atoms with van der Waals surface area (Å²) >= 11 is 6.36. The van der Waals surface area contributed by atoms with Gasteiger partial charge in [-0.2, -0.15) is 0 Å². The molecule has 0 radical (unpaired) electrons. The Balaban J connectivity index is 1.51. The lowest BCUT2D eigenvalue weighted by Crippen LogP contribution is -2.20. The number of hydrogen-bond donors (Lipinski definition) is 1. The summed E-state index contributed by atoms with van der Waals surface area (Å²) in [6, 6.07) is 16.7. The number of anilines is 1. The van der Waals surface area contributed by atoms with Crippen LogP contribution < -0.4 is 10.1 Å². The summed E-state index contributed by atoms with van der Waals surface area (Å²) in [4.78, 5) is 16.9. The largest absolute Gasteiger partial charge is 0.483 e. The Bertz CT molecular complexity index is 1250. The average molecular weight is 421 g/mol. The smallest absolute Gasteiger partial charge is 0.262 e. The Morgan fingerprint density at radius 3 is 2.77 bits per heavy atom. The lowest BCUT2D eigenvalue weighted by Gasteiger charge is -2.11. The lowest BCUT2D eigenvalue weighted by atomic mass is 10.1. The lowest BCUT2D eigenvalue weighted by molar-refractivity contribution is -0.118. The second-order valence-electron chi connectivity index (χ2n) is 7.22. The topological polar surface area (TPSA) is 64.4 Å². The predicted molar refractivity (Wildman–Crippen MR) is 119 cm³/mol. The quantitative estimate of drug-likeness (QED) is 0.424. The number of oxazole rings is 1. The fraction of sp³-hybridized carbons (Fsp3) is 0.167. The summed E-state index contributed by atoms with van der Waals surface area (Å²) in [5.74, 6) is 0.837. The monoisotopic (exact) mass is 420 g/mol. The third kappa shape index (κ3) is 4.16. The zero-order chi connectivity index (χ0) is 21.3. The minimum atomic E-state index is -0.266. The van der Waals surface area contributed by atoms with Gasteiger partial charge >= 0.3 is 0 Å². The molecule has 0 aliphatic carbocycles. The summed E-state index contributed by atoms with van der Waals surface area (Å²) in [6.07, 6.45) is 0. The van der Waals surface area contributed by atoms with Crippen molar-refractivity contribution < 1.29 is 13.9 Å². The number of nitrogens with one attached hydrogen (secondary N) is 1. The molecule has 6 heteroatoms. The van der Waals surface area contributed by atoms with Gasteiger partial charge in [-0.25, -0.2) is 4.98 Å². The molecule has 4 aromatic rings. The highest BCUT2D eigenvalue weighted by molar-refractivity contribution is 6.33. The third-order valence-electron chi connectivity index (χ3n) is 4.94. The van der Waals surface area contributed by atoms with Crippen molar-refractivity contribution in [3.05, 3.63) is 76.3 Å². The summed E-state index contributed by atoms with van der Waals surface area (Å²) < 4.78 is 11.5. The van der Waals surface area contributed by atoms with Gasteiger partial charge in [0.05, 0.1) is 10.6 Å². The molecule has 152 valence electrons. The first-order chi connectivity index (χ1) is 14.4.